The number of rotatable bonds is 6. The van der Waals surface area contributed by atoms with Gasteiger partial charge in [0.05, 0.1) is 11.1 Å². The van der Waals surface area contributed by atoms with E-state index in [-0.39, 0.29) is 24.6 Å². The van der Waals surface area contributed by atoms with Gasteiger partial charge in [-0.25, -0.2) is 0 Å². The molecule has 122 valence electrons. The zero-order valence-electron chi connectivity index (χ0n) is 12.9. The predicted octanol–water partition coefficient (Wildman–Crippen LogP) is 2.75. The van der Waals surface area contributed by atoms with Crippen LogP contribution in [0.5, 0.6) is 5.75 Å². The molecule has 0 saturated heterocycles. The maximum atomic E-state index is 9.92. The molecular formula is C15H22ClN3O2S. The Balaban J connectivity index is 0.00000242. The molecule has 1 heterocycles. The van der Waals surface area contributed by atoms with Gasteiger partial charge in [-0.05, 0) is 50.0 Å². The summed E-state index contributed by atoms with van der Waals surface area (Å²) in [6, 6.07) is 7.71. The number of nitrogens with zero attached hydrogens (tertiary/aromatic N) is 2. The Morgan fingerprint density at radius 3 is 2.77 bits per heavy atom. The summed E-state index contributed by atoms with van der Waals surface area (Å²) >= 11 is 1.34. The number of benzene rings is 1. The first kappa shape index (κ1) is 18.8. The molecular weight excluding hydrogens is 322 g/mol. The lowest BCUT2D eigenvalue weighted by Gasteiger charge is -2.23. The fourth-order valence-corrected chi connectivity index (χ4v) is 2.22. The van der Waals surface area contributed by atoms with Crippen LogP contribution in [-0.2, 0) is 0 Å². The normalized spacial score (nSPS) is 12.5. The molecule has 1 aromatic heterocycles. The van der Waals surface area contributed by atoms with Gasteiger partial charge in [0.1, 0.15) is 18.5 Å². The molecule has 0 spiro atoms. The van der Waals surface area contributed by atoms with Gasteiger partial charge in [-0.3, -0.25) is 0 Å². The van der Waals surface area contributed by atoms with Crippen LogP contribution in [0.4, 0.5) is 0 Å². The maximum absolute atomic E-state index is 9.92. The number of hydrogen-bond acceptors (Lipinski definition) is 6. The van der Waals surface area contributed by atoms with E-state index in [9.17, 15) is 5.11 Å². The monoisotopic (exact) mass is 343 g/mol. The largest absolute Gasteiger partial charge is 0.491 e. The summed E-state index contributed by atoms with van der Waals surface area (Å²) in [6.07, 6.45) is 1.18. The van der Waals surface area contributed by atoms with Crippen LogP contribution in [0.15, 0.2) is 30.5 Å². The number of halogens is 1. The number of aromatic nitrogens is 2. The van der Waals surface area contributed by atoms with Crippen LogP contribution in [0, 0.1) is 0 Å². The minimum absolute atomic E-state index is 0. The third kappa shape index (κ3) is 6.27. The number of β-amino-alcohol motifs (C(OH)–C–C–N with tert-alkyl or cyclic N) is 1. The van der Waals surface area contributed by atoms with Gasteiger partial charge in [0.15, 0.2) is 0 Å². The Morgan fingerprint density at radius 2 is 2.14 bits per heavy atom. The van der Waals surface area contributed by atoms with Gasteiger partial charge in [0, 0.05) is 12.1 Å². The lowest BCUT2D eigenvalue weighted by molar-refractivity contribution is 0.100. The molecule has 2 N–H and O–H groups in total. The van der Waals surface area contributed by atoms with Crippen molar-refractivity contribution < 1.29 is 9.84 Å². The molecule has 0 bridgehead atoms. The Labute approximate surface area is 141 Å². The summed E-state index contributed by atoms with van der Waals surface area (Å²) in [7, 11) is 0. The molecule has 0 aliphatic rings. The number of ether oxygens (including phenoxy) is 1. The van der Waals surface area contributed by atoms with Crippen LogP contribution in [-0.4, -0.2) is 39.5 Å². The van der Waals surface area contributed by atoms with Gasteiger partial charge in [0.2, 0.25) is 0 Å². The molecule has 22 heavy (non-hydrogen) atoms. The van der Waals surface area contributed by atoms with Gasteiger partial charge in [-0.2, -0.15) is 0 Å². The van der Waals surface area contributed by atoms with Crippen molar-refractivity contribution in [3.8, 4) is 16.2 Å². The van der Waals surface area contributed by atoms with Gasteiger partial charge >= 0.3 is 0 Å². The molecule has 2 aromatic rings. The molecule has 1 unspecified atom stereocenters. The molecule has 0 saturated carbocycles. The molecule has 0 amide bonds. The van der Waals surface area contributed by atoms with Crippen molar-refractivity contribution in [1.29, 1.82) is 0 Å². The third-order valence-electron chi connectivity index (χ3n) is 2.79. The number of hydrogen-bond donors (Lipinski definition) is 2. The van der Waals surface area contributed by atoms with Crippen molar-refractivity contribution in [3.05, 3.63) is 30.5 Å². The number of nitrogens with one attached hydrogen (secondary N) is 1. The van der Waals surface area contributed by atoms with Crippen molar-refractivity contribution in [3.63, 3.8) is 0 Å². The highest BCUT2D eigenvalue weighted by Gasteiger charge is 2.12. The van der Waals surface area contributed by atoms with E-state index in [1.54, 1.807) is 6.20 Å². The van der Waals surface area contributed by atoms with Crippen LogP contribution in [0.2, 0.25) is 0 Å². The number of aliphatic hydroxyl groups is 1. The molecule has 0 radical (unpaired) electrons. The van der Waals surface area contributed by atoms with E-state index in [0.29, 0.717) is 6.54 Å². The minimum atomic E-state index is -0.544. The molecule has 1 aromatic carbocycles. The van der Waals surface area contributed by atoms with Crippen LogP contribution in [0.3, 0.4) is 0 Å². The van der Waals surface area contributed by atoms with E-state index in [1.165, 1.54) is 11.5 Å². The molecule has 7 heteroatoms. The van der Waals surface area contributed by atoms with E-state index in [2.05, 4.69) is 35.7 Å². The first-order valence-corrected chi connectivity index (χ1v) is 7.65. The third-order valence-corrected chi connectivity index (χ3v) is 3.50. The van der Waals surface area contributed by atoms with E-state index in [1.807, 2.05) is 24.3 Å². The van der Waals surface area contributed by atoms with Gasteiger partial charge < -0.3 is 15.2 Å². The summed E-state index contributed by atoms with van der Waals surface area (Å²) < 4.78 is 9.50. The average Bonchev–Trinajstić information content (AvgIpc) is 2.96. The maximum Gasteiger partial charge on any atom is 0.120 e. The summed E-state index contributed by atoms with van der Waals surface area (Å²) in [6.45, 7) is 6.95. The standard InChI is InChI=1S/C15H21N3O2S.ClH/c1-15(2,3)16-8-12(19)10-20-13-6-4-5-11(7-13)14-9-17-18-21-14;/h4-7,9,12,16,19H,8,10H2,1-3H3;1H. The van der Waals surface area contributed by atoms with Crippen LogP contribution >= 0.6 is 23.9 Å². The van der Waals surface area contributed by atoms with E-state index in [0.717, 1.165) is 16.2 Å². The lowest BCUT2D eigenvalue weighted by Crippen LogP contribution is -2.42. The van der Waals surface area contributed by atoms with Crippen LogP contribution in [0.25, 0.3) is 10.4 Å². The smallest absolute Gasteiger partial charge is 0.120 e. The Morgan fingerprint density at radius 1 is 1.36 bits per heavy atom. The Hall–Kier alpha value is -1.21. The van der Waals surface area contributed by atoms with Crippen molar-refractivity contribution in [2.45, 2.75) is 32.4 Å². The second-order valence-electron chi connectivity index (χ2n) is 5.91. The highest BCUT2D eigenvalue weighted by Crippen LogP contribution is 2.25. The Kier molecular flexibility index (Phi) is 7.22. The molecule has 0 aliphatic heterocycles. The van der Waals surface area contributed by atoms with Crippen molar-refractivity contribution >= 4 is 23.9 Å². The lowest BCUT2D eigenvalue weighted by atomic mass is 10.1. The topological polar surface area (TPSA) is 67.3 Å². The highest BCUT2D eigenvalue weighted by molar-refractivity contribution is 7.09. The van der Waals surface area contributed by atoms with E-state index < -0.39 is 6.10 Å². The molecule has 2 rings (SSSR count). The van der Waals surface area contributed by atoms with Gasteiger partial charge in [0.25, 0.3) is 0 Å². The first-order valence-electron chi connectivity index (χ1n) is 6.88. The Bertz CT molecular complexity index is 558. The van der Waals surface area contributed by atoms with Crippen molar-refractivity contribution in [1.82, 2.24) is 14.9 Å². The summed E-state index contributed by atoms with van der Waals surface area (Å²) in [4.78, 5) is 0.996. The molecule has 0 aliphatic carbocycles. The second kappa shape index (κ2) is 8.43. The van der Waals surface area contributed by atoms with Crippen LogP contribution < -0.4 is 10.1 Å². The van der Waals surface area contributed by atoms with Gasteiger partial charge in [-0.15, -0.1) is 17.5 Å². The second-order valence-corrected chi connectivity index (χ2v) is 6.69. The molecule has 0 fully saturated rings. The average molecular weight is 344 g/mol. The first-order chi connectivity index (χ1) is 9.94. The van der Waals surface area contributed by atoms with Crippen molar-refractivity contribution in [2.75, 3.05) is 13.2 Å². The molecule has 1 atom stereocenters. The van der Waals surface area contributed by atoms with E-state index >= 15 is 0 Å². The summed E-state index contributed by atoms with van der Waals surface area (Å²) in [5.74, 6) is 0.732. The van der Waals surface area contributed by atoms with Gasteiger partial charge in [-0.1, -0.05) is 16.6 Å². The zero-order chi connectivity index (χ0) is 15.3. The highest BCUT2D eigenvalue weighted by atomic mass is 35.5. The molecule has 5 nitrogen and oxygen atoms in total. The fraction of sp³-hybridized carbons (Fsp3) is 0.467. The van der Waals surface area contributed by atoms with E-state index in [4.69, 9.17) is 4.74 Å². The van der Waals surface area contributed by atoms with Crippen molar-refractivity contribution in [2.24, 2.45) is 0 Å². The minimum Gasteiger partial charge on any atom is -0.491 e. The fourth-order valence-electron chi connectivity index (χ4n) is 1.71. The summed E-state index contributed by atoms with van der Waals surface area (Å²) in [5.41, 5.74) is 1.00. The quantitative estimate of drug-likeness (QED) is 0.844. The zero-order valence-corrected chi connectivity index (χ0v) is 14.6. The summed E-state index contributed by atoms with van der Waals surface area (Å²) in [5, 5.41) is 17.0. The SMILES string of the molecule is CC(C)(C)NCC(O)COc1cccc(-c2cnns2)c1.Cl. The van der Waals surface area contributed by atoms with Crippen LogP contribution in [0.1, 0.15) is 20.8 Å². The predicted molar refractivity (Wildman–Crippen MR) is 91.9 cm³/mol. The number of aliphatic hydroxyl groups excluding tert-OH is 1.